The van der Waals surface area contributed by atoms with Crippen molar-refractivity contribution in [3.63, 3.8) is 0 Å². The van der Waals surface area contributed by atoms with Crippen LogP contribution < -0.4 is 21.3 Å². The predicted octanol–water partition coefficient (Wildman–Crippen LogP) is -0.733. The van der Waals surface area contributed by atoms with Gasteiger partial charge in [-0.05, 0) is 28.1 Å². The molecule has 0 bridgehead atoms. The van der Waals surface area contributed by atoms with E-state index in [1.54, 1.807) is 6.92 Å². The molecule has 0 fully saturated rings. The molecule has 5 N–H and O–H groups in total. The Kier molecular flexibility index (Phi) is 6.71. The van der Waals surface area contributed by atoms with Crippen LogP contribution in [0.4, 0.5) is 0 Å². The molecule has 0 aliphatic rings. The Bertz CT molecular complexity index is 241. The number of aliphatic carboxylic acids is 1. The highest BCUT2D eigenvalue weighted by Gasteiger charge is 2.22. The van der Waals surface area contributed by atoms with Crippen molar-refractivity contribution in [2.75, 3.05) is 27.7 Å². The van der Waals surface area contributed by atoms with Crippen molar-refractivity contribution in [2.24, 2.45) is 0 Å². The van der Waals surface area contributed by atoms with E-state index in [0.717, 1.165) is 6.42 Å². The van der Waals surface area contributed by atoms with E-state index in [2.05, 4.69) is 21.3 Å². The normalized spacial score (nSPS) is 12.6. The molecule has 0 aliphatic carbocycles. The maximum Gasteiger partial charge on any atom is 0.332 e. The van der Waals surface area contributed by atoms with Crippen LogP contribution in [0.3, 0.4) is 0 Å². The summed E-state index contributed by atoms with van der Waals surface area (Å²) in [5.74, 6) is -1.24. The van der Waals surface area contributed by atoms with Gasteiger partial charge in [0.15, 0.2) is 0 Å². The van der Waals surface area contributed by atoms with Gasteiger partial charge in [0, 0.05) is 24.7 Å². The van der Waals surface area contributed by atoms with Gasteiger partial charge in [0.05, 0.1) is 0 Å². The van der Waals surface area contributed by atoms with Crippen LogP contribution in [0.2, 0.25) is 0 Å². The highest BCUT2D eigenvalue weighted by atomic mass is 16.4. The van der Waals surface area contributed by atoms with Crippen LogP contribution in [0, 0.1) is 0 Å². The van der Waals surface area contributed by atoms with Crippen molar-refractivity contribution in [1.29, 1.82) is 0 Å². The van der Waals surface area contributed by atoms with E-state index in [9.17, 15) is 4.79 Å². The number of hydrogen-bond donors (Lipinski definition) is 5. The van der Waals surface area contributed by atoms with Gasteiger partial charge in [-0.15, -0.1) is 0 Å². The van der Waals surface area contributed by atoms with Gasteiger partial charge in [0.1, 0.15) is 5.79 Å². The first-order valence-corrected chi connectivity index (χ1v) is 5.21. The fourth-order valence-electron chi connectivity index (χ4n) is 1.30. The Morgan fingerprint density at radius 3 is 2.12 bits per heavy atom. The Morgan fingerprint density at radius 2 is 1.75 bits per heavy atom. The molecule has 6 heteroatoms. The third-order valence-corrected chi connectivity index (χ3v) is 2.58. The Morgan fingerprint density at radius 1 is 1.25 bits per heavy atom. The van der Waals surface area contributed by atoms with Crippen LogP contribution >= 0.6 is 0 Å². The Labute approximate surface area is 96.5 Å². The molecule has 6 nitrogen and oxygen atoms in total. The molecule has 0 aromatic carbocycles. The lowest BCUT2D eigenvalue weighted by atomic mass is 10.2. The van der Waals surface area contributed by atoms with Crippen LogP contribution in [0.25, 0.3) is 0 Å². The van der Waals surface area contributed by atoms with Crippen LogP contribution in [-0.2, 0) is 4.79 Å². The molecule has 0 radical (unpaired) electrons. The van der Waals surface area contributed by atoms with Crippen molar-refractivity contribution in [2.45, 2.75) is 19.1 Å². The molecule has 0 aliphatic heterocycles. The molecule has 0 aromatic heterocycles. The van der Waals surface area contributed by atoms with Crippen LogP contribution in [0.5, 0.6) is 0 Å². The van der Waals surface area contributed by atoms with Gasteiger partial charge >= 0.3 is 5.97 Å². The number of carboxylic acids is 1. The lowest BCUT2D eigenvalue weighted by Gasteiger charge is -2.32. The molecule has 94 valence electrons. The molecule has 0 heterocycles. The van der Waals surface area contributed by atoms with E-state index >= 15 is 0 Å². The second-order valence-corrected chi connectivity index (χ2v) is 3.49. The summed E-state index contributed by atoms with van der Waals surface area (Å²) in [7, 11) is 5.56. The maximum atomic E-state index is 10.5. The van der Waals surface area contributed by atoms with E-state index in [1.807, 2.05) is 21.1 Å². The number of hydrogen-bond acceptors (Lipinski definition) is 5. The third kappa shape index (κ3) is 4.61. The zero-order valence-electron chi connectivity index (χ0n) is 10.3. The molecular formula is C10H22N4O2. The molecule has 0 unspecified atom stereocenters. The summed E-state index contributed by atoms with van der Waals surface area (Å²) in [5.41, 5.74) is 0.295. The minimum absolute atomic E-state index is 0.295. The number of rotatable bonds is 8. The second kappa shape index (κ2) is 7.21. The summed E-state index contributed by atoms with van der Waals surface area (Å²) in [5, 5.41) is 21.0. The molecular weight excluding hydrogens is 208 g/mol. The average molecular weight is 230 g/mol. The number of nitrogens with one attached hydrogen (secondary N) is 4. The lowest BCUT2D eigenvalue weighted by Crippen LogP contribution is -2.63. The summed E-state index contributed by atoms with van der Waals surface area (Å²) in [4.78, 5) is 10.5. The van der Waals surface area contributed by atoms with Gasteiger partial charge in [0.2, 0.25) is 0 Å². The average Bonchev–Trinajstić information content (AvgIpc) is 2.30. The second-order valence-electron chi connectivity index (χ2n) is 3.49. The number of carbonyl (C=O) groups is 1. The molecule has 0 rings (SSSR count). The van der Waals surface area contributed by atoms with Crippen molar-refractivity contribution in [3.8, 4) is 0 Å². The molecule has 0 amide bonds. The minimum Gasteiger partial charge on any atom is -0.478 e. The van der Waals surface area contributed by atoms with Crippen LogP contribution in [0.1, 0.15) is 13.3 Å². The zero-order valence-corrected chi connectivity index (χ0v) is 10.3. The molecule has 16 heavy (non-hydrogen) atoms. The summed E-state index contributed by atoms with van der Waals surface area (Å²) >= 11 is 0. The van der Waals surface area contributed by atoms with Gasteiger partial charge in [-0.3, -0.25) is 16.0 Å². The van der Waals surface area contributed by atoms with Gasteiger partial charge in [-0.2, -0.15) is 0 Å². The first kappa shape index (κ1) is 14.9. The van der Waals surface area contributed by atoms with Gasteiger partial charge in [0.25, 0.3) is 0 Å². The quantitative estimate of drug-likeness (QED) is 0.215. The number of carboxylic acid groups (broad SMARTS) is 1. The monoisotopic (exact) mass is 230 g/mol. The van der Waals surface area contributed by atoms with E-state index < -0.39 is 5.97 Å². The predicted molar refractivity (Wildman–Crippen MR) is 63.9 cm³/mol. The van der Waals surface area contributed by atoms with Crippen molar-refractivity contribution < 1.29 is 9.90 Å². The summed E-state index contributed by atoms with van der Waals surface area (Å²) in [6, 6.07) is 0. The largest absolute Gasteiger partial charge is 0.478 e. The molecule has 0 saturated carbocycles. The van der Waals surface area contributed by atoms with Crippen molar-refractivity contribution in [1.82, 2.24) is 21.3 Å². The highest BCUT2D eigenvalue weighted by molar-refractivity contribution is 5.85. The Balaban J connectivity index is 4.06. The maximum absolute atomic E-state index is 10.5. The van der Waals surface area contributed by atoms with Crippen molar-refractivity contribution in [3.05, 3.63) is 11.8 Å². The van der Waals surface area contributed by atoms with E-state index in [-0.39, 0.29) is 5.79 Å². The van der Waals surface area contributed by atoms with Gasteiger partial charge in [-0.25, -0.2) is 4.79 Å². The van der Waals surface area contributed by atoms with E-state index in [0.29, 0.717) is 12.1 Å². The molecule has 0 spiro atoms. The SMILES string of the molecule is CNC(CCNC=C(C)C(=O)O)(NC)NC. The first-order chi connectivity index (χ1) is 7.51. The molecule has 0 saturated heterocycles. The lowest BCUT2D eigenvalue weighted by molar-refractivity contribution is -0.132. The van der Waals surface area contributed by atoms with Crippen LogP contribution in [-0.4, -0.2) is 44.6 Å². The fraction of sp³-hybridized carbons (Fsp3) is 0.700. The van der Waals surface area contributed by atoms with Crippen LogP contribution in [0.15, 0.2) is 11.8 Å². The smallest absolute Gasteiger partial charge is 0.332 e. The summed E-state index contributed by atoms with van der Waals surface area (Å²) < 4.78 is 0. The molecule has 0 aromatic rings. The van der Waals surface area contributed by atoms with Crippen molar-refractivity contribution >= 4 is 5.97 Å². The van der Waals surface area contributed by atoms with E-state index in [1.165, 1.54) is 6.20 Å². The molecule has 0 atom stereocenters. The summed E-state index contributed by atoms with van der Waals surface area (Å²) in [6.45, 7) is 2.21. The first-order valence-electron chi connectivity index (χ1n) is 5.21. The minimum atomic E-state index is -0.908. The Hall–Kier alpha value is -1.11. The summed E-state index contributed by atoms with van der Waals surface area (Å²) in [6.07, 6.45) is 2.27. The van der Waals surface area contributed by atoms with Gasteiger partial charge in [-0.1, -0.05) is 0 Å². The third-order valence-electron chi connectivity index (χ3n) is 2.58. The topological polar surface area (TPSA) is 85.4 Å². The fourth-order valence-corrected chi connectivity index (χ4v) is 1.30. The zero-order chi connectivity index (χ0) is 12.6. The van der Waals surface area contributed by atoms with Gasteiger partial charge < -0.3 is 10.4 Å². The highest BCUT2D eigenvalue weighted by Crippen LogP contribution is 1.98. The van der Waals surface area contributed by atoms with E-state index in [4.69, 9.17) is 5.11 Å². The standard InChI is InChI=1S/C10H22N4O2/c1-8(9(15)16)7-14-6-5-10(11-2,12-3)13-4/h7,11-14H,5-6H2,1-4H3,(H,15,16).